The summed E-state index contributed by atoms with van der Waals surface area (Å²) in [6.45, 7) is 1.76. The van der Waals surface area contributed by atoms with Gasteiger partial charge in [0.1, 0.15) is 17.3 Å². The Labute approximate surface area is 123 Å². The van der Waals surface area contributed by atoms with Crippen molar-refractivity contribution in [3.8, 4) is 0 Å². The van der Waals surface area contributed by atoms with Gasteiger partial charge in [0.15, 0.2) is 0 Å². The average molecular weight is 313 g/mol. The molecule has 0 radical (unpaired) electrons. The molecule has 2 rings (SSSR count). The lowest BCUT2D eigenvalue weighted by molar-refractivity contribution is 0.251. The maximum absolute atomic E-state index is 12.1. The van der Waals surface area contributed by atoms with Crippen LogP contribution >= 0.6 is 11.8 Å². The topological polar surface area (TPSA) is 73.5 Å². The minimum Gasteiger partial charge on any atom is -0.459 e. The largest absolute Gasteiger partial charge is 0.459 e. The van der Waals surface area contributed by atoms with Gasteiger partial charge in [-0.05, 0) is 30.7 Å². The normalized spacial score (nSPS) is 11.6. The van der Waals surface area contributed by atoms with Crippen LogP contribution in [0.1, 0.15) is 17.1 Å². The van der Waals surface area contributed by atoms with Gasteiger partial charge >= 0.3 is 0 Å². The molecule has 8 heteroatoms. The molecule has 0 unspecified atom stereocenters. The molecule has 0 amide bonds. The van der Waals surface area contributed by atoms with Crippen molar-refractivity contribution in [1.29, 1.82) is 0 Å². The summed E-state index contributed by atoms with van der Waals surface area (Å²) in [6.07, 6.45) is 1.31. The molecule has 0 saturated heterocycles. The van der Waals surface area contributed by atoms with Gasteiger partial charge in [0.2, 0.25) is 0 Å². The summed E-state index contributed by atoms with van der Waals surface area (Å²) in [4.78, 5) is 11.7. The highest BCUT2D eigenvalue weighted by Crippen LogP contribution is 2.20. The fourth-order valence-corrected chi connectivity index (χ4v) is 2.09. The number of nitrogens with zero attached hydrogens (tertiary/aromatic N) is 2. The Morgan fingerprint density at radius 2 is 2.24 bits per heavy atom. The van der Waals surface area contributed by atoms with E-state index in [1.165, 1.54) is 12.3 Å². The van der Waals surface area contributed by atoms with Gasteiger partial charge in [-0.1, -0.05) is 11.8 Å². The number of hydrogen-bond acceptors (Lipinski definition) is 5. The molecule has 0 aliphatic carbocycles. The number of furan rings is 1. The maximum Gasteiger partial charge on any atom is 0.284 e. The molecular weight excluding hydrogens is 300 g/mol. The summed E-state index contributed by atoms with van der Waals surface area (Å²) >= 11 is 0.472. The number of nitrogen functional groups attached to an aromatic ring is 1. The van der Waals surface area contributed by atoms with Gasteiger partial charge < -0.3 is 10.2 Å². The summed E-state index contributed by atoms with van der Waals surface area (Å²) < 4.78 is 30.5. The predicted octanol–water partition coefficient (Wildman–Crippen LogP) is 2.67. The van der Waals surface area contributed by atoms with Crippen LogP contribution in [0.5, 0.6) is 0 Å². The van der Waals surface area contributed by atoms with Gasteiger partial charge in [-0.3, -0.25) is 4.79 Å². The van der Waals surface area contributed by atoms with Crippen molar-refractivity contribution in [3.05, 3.63) is 51.7 Å². The molecule has 0 atom stereocenters. The van der Waals surface area contributed by atoms with E-state index in [-0.39, 0.29) is 17.1 Å². The molecule has 0 bridgehead atoms. The highest BCUT2D eigenvalue weighted by Gasteiger charge is 2.07. The monoisotopic (exact) mass is 313 g/mol. The van der Waals surface area contributed by atoms with E-state index in [1.54, 1.807) is 25.1 Å². The number of anilines is 1. The number of halogens is 2. The minimum atomic E-state index is -2.45. The Morgan fingerprint density at radius 3 is 2.90 bits per heavy atom. The number of aryl methyl sites for hydroxylation is 1. The van der Waals surface area contributed by atoms with E-state index in [4.69, 9.17) is 10.2 Å². The van der Waals surface area contributed by atoms with Crippen LogP contribution in [0.15, 0.2) is 38.6 Å². The third-order valence-electron chi connectivity index (χ3n) is 2.51. The Balaban J connectivity index is 2.13. The predicted molar refractivity (Wildman–Crippen MR) is 78.9 cm³/mol. The second kappa shape index (κ2) is 6.57. The van der Waals surface area contributed by atoms with Gasteiger partial charge in [0.05, 0.1) is 12.0 Å². The smallest absolute Gasteiger partial charge is 0.284 e. The summed E-state index contributed by atoms with van der Waals surface area (Å²) in [5.41, 5.74) is 6.09. The molecule has 0 aromatic carbocycles. The number of thioether (sulfide) groups is 1. The van der Waals surface area contributed by atoms with Crippen molar-refractivity contribution in [2.75, 3.05) is 5.73 Å². The standard InChI is InChI=1S/C13H13F2N3O2S/c1-8-4-11(16)18(12(19)5-8)17-6-9-2-3-10(20-9)7-21-13(14)15/h2-6,13H,7,16H2,1H3/b17-6-. The third kappa shape index (κ3) is 4.19. The highest BCUT2D eigenvalue weighted by atomic mass is 32.2. The third-order valence-corrected chi connectivity index (χ3v) is 3.22. The zero-order valence-corrected chi connectivity index (χ0v) is 11.9. The molecule has 21 heavy (non-hydrogen) atoms. The van der Waals surface area contributed by atoms with Crippen molar-refractivity contribution < 1.29 is 13.2 Å². The van der Waals surface area contributed by atoms with Crippen LogP contribution in [-0.4, -0.2) is 16.6 Å². The van der Waals surface area contributed by atoms with E-state index >= 15 is 0 Å². The van der Waals surface area contributed by atoms with Crippen LogP contribution in [0, 0.1) is 6.92 Å². The Morgan fingerprint density at radius 1 is 1.48 bits per heavy atom. The minimum absolute atomic E-state index is 0.0676. The number of pyridine rings is 1. The van der Waals surface area contributed by atoms with Crippen LogP contribution < -0.4 is 11.3 Å². The lowest BCUT2D eigenvalue weighted by atomic mass is 10.3. The molecule has 0 saturated carbocycles. The van der Waals surface area contributed by atoms with Crippen LogP contribution in [0.4, 0.5) is 14.6 Å². The molecule has 0 aliphatic rings. The summed E-state index contributed by atoms with van der Waals surface area (Å²) in [5.74, 6) is -1.41. The summed E-state index contributed by atoms with van der Waals surface area (Å²) in [5, 5.41) is 3.93. The summed E-state index contributed by atoms with van der Waals surface area (Å²) in [6, 6.07) is 6.18. The number of rotatable bonds is 5. The molecule has 2 heterocycles. The first-order chi connectivity index (χ1) is 9.95. The number of nitrogens with two attached hydrogens (primary N) is 1. The first-order valence-electron chi connectivity index (χ1n) is 5.97. The van der Waals surface area contributed by atoms with Crippen LogP contribution in [0.25, 0.3) is 0 Å². The van der Waals surface area contributed by atoms with Gasteiger partial charge in [0, 0.05) is 6.07 Å². The lowest BCUT2D eigenvalue weighted by Gasteiger charge is -2.02. The van der Waals surface area contributed by atoms with Crippen LogP contribution in [0.2, 0.25) is 0 Å². The SMILES string of the molecule is Cc1cc(N)n(/N=C\c2ccc(CSC(F)F)o2)c(=O)c1. The van der Waals surface area contributed by atoms with Gasteiger partial charge in [-0.2, -0.15) is 18.6 Å². The molecule has 2 aromatic rings. The number of hydrogen-bond donors (Lipinski definition) is 1. The quantitative estimate of drug-likeness (QED) is 0.861. The fraction of sp³-hybridized carbons (Fsp3) is 0.231. The molecule has 0 spiro atoms. The first kappa shape index (κ1) is 15.3. The van der Waals surface area contributed by atoms with Crippen molar-refractivity contribution in [2.24, 2.45) is 5.10 Å². The van der Waals surface area contributed by atoms with Crippen molar-refractivity contribution >= 4 is 23.8 Å². The van der Waals surface area contributed by atoms with E-state index in [0.29, 0.717) is 23.3 Å². The van der Waals surface area contributed by atoms with E-state index < -0.39 is 5.76 Å². The van der Waals surface area contributed by atoms with Crippen LogP contribution in [-0.2, 0) is 5.75 Å². The molecule has 0 fully saturated rings. The van der Waals surface area contributed by atoms with Crippen LogP contribution in [0.3, 0.4) is 0 Å². The zero-order valence-electron chi connectivity index (χ0n) is 11.1. The molecule has 0 aliphatic heterocycles. The van der Waals surface area contributed by atoms with Crippen molar-refractivity contribution in [3.63, 3.8) is 0 Å². The van der Waals surface area contributed by atoms with E-state index in [2.05, 4.69) is 5.10 Å². The molecule has 2 aromatic heterocycles. The second-order valence-electron chi connectivity index (χ2n) is 4.23. The number of alkyl halides is 2. The first-order valence-corrected chi connectivity index (χ1v) is 7.02. The maximum atomic E-state index is 12.1. The van der Waals surface area contributed by atoms with Crippen molar-refractivity contribution in [1.82, 2.24) is 4.68 Å². The number of aromatic nitrogens is 1. The molecule has 5 nitrogen and oxygen atoms in total. The van der Waals surface area contributed by atoms with Gasteiger partial charge in [-0.15, -0.1) is 0 Å². The average Bonchev–Trinajstić information content (AvgIpc) is 2.83. The molecule has 2 N–H and O–H groups in total. The van der Waals surface area contributed by atoms with Gasteiger partial charge in [-0.25, -0.2) is 0 Å². The second-order valence-corrected chi connectivity index (χ2v) is 5.21. The molecular formula is C13H13F2N3O2S. The van der Waals surface area contributed by atoms with Gasteiger partial charge in [0.25, 0.3) is 11.3 Å². The highest BCUT2D eigenvalue weighted by molar-refractivity contribution is 7.98. The lowest BCUT2D eigenvalue weighted by Crippen LogP contribution is -2.19. The van der Waals surface area contributed by atoms with E-state index in [9.17, 15) is 13.6 Å². The Hall–Kier alpha value is -2.09. The summed E-state index contributed by atoms with van der Waals surface area (Å²) in [7, 11) is 0. The Bertz CT molecular complexity index is 710. The van der Waals surface area contributed by atoms with Crippen molar-refractivity contribution in [2.45, 2.75) is 18.4 Å². The fourth-order valence-electron chi connectivity index (χ4n) is 1.64. The Kier molecular flexibility index (Phi) is 4.79. The van der Waals surface area contributed by atoms with E-state index in [0.717, 1.165) is 10.2 Å². The molecule has 112 valence electrons. The van der Waals surface area contributed by atoms with E-state index in [1.807, 2.05) is 0 Å². The zero-order chi connectivity index (χ0) is 15.4.